The van der Waals surface area contributed by atoms with Gasteiger partial charge in [0.2, 0.25) is 0 Å². The lowest BCUT2D eigenvalue weighted by Gasteiger charge is -2.34. The molecule has 1 N–H and O–H groups in total. The Morgan fingerprint density at radius 2 is 1.88 bits per heavy atom. The largest absolute Gasteiger partial charge is 0.492 e. The molecule has 24 heavy (non-hydrogen) atoms. The van der Waals surface area contributed by atoms with Crippen LogP contribution >= 0.6 is 11.6 Å². The molecule has 0 amide bonds. The monoisotopic (exact) mass is 347 g/mol. The van der Waals surface area contributed by atoms with Crippen LogP contribution in [-0.4, -0.2) is 6.61 Å². The molecule has 132 valence electrons. The van der Waals surface area contributed by atoms with Gasteiger partial charge in [0, 0.05) is 0 Å². The van der Waals surface area contributed by atoms with Crippen molar-refractivity contribution in [3.05, 3.63) is 53.2 Å². The summed E-state index contributed by atoms with van der Waals surface area (Å²) >= 11 is 6.45. The first kappa shape index (κ1) is 18.9. The van der Waals surface area contributed by atoms with Crippen LogP contribution in [0.3, 0.4) is 0 Å². The number of dihydropyridines is 1. The number of nitrogens with one attached hydrogen (secondary N) is 1. The van der Waals surface area contributed by atoms with Gasteiger partial charge in [0.1, 0.15) is 5.75 Å². The lowest BCUT2D eigenvalue weighted by atomic mass is 9.83. The quantitative estimate of drug-likeness (QED) is 0.497. The second-order valence-electron chi connectivity index (χ2n) is 6.49. The number of halogens is 1. The predicted octanol–water partition coefficient (Wildman–Crippen LogP) is 6.36. The van der Waals surface area contributed by atoms with E-state index in [9.17, 15) is 0 Å². The zero-order valence-electron chi connectivity index (χ0n) is 15.0. The van der Waals surface area contributed by atoms with E-state index in [-0.39, 0.29) is 5.54 Å². The van der Waals surface area contributed by atoms with E-state index < -0.39 is 0 Å². The molecule has 0 aliphatic carbocycles. The van der Waals surface area contributed by atoms with Gasteiger partial charge in [0.15, 0.2) is 0 Å². The molecule has 1 unspecified atom stereocenters. The average Bonchev–Trinajstić information content (AvgIpc) is 2.61. The zero-order valence-corrected chi connectivity index (χ0v) is 15.7. The van der Waals surface area contributed by atoms with E-state index in [1.165, 1.54) is 37.7 Å². The van der Waals surface area contributed by atoms with Crippen molar-refractivity contribution in [2.75, 3.05) is 6.61 Å². The minimum atomic E-state index is -0.159. The Morgan fingerprint density at radius 1 is 1.04 bits per heavy atom. The first-order chi connectivity index (χ1) is 11.7. The highest BCUT2D eigenvalue weighted by molar-refractivity contribution is 6.32. The van der Waals surface area contributed by atoms with Crippen LogP contribution in [0.15, 0.2) is 42.6 Å². The highest BCUT2D eigenvalue weighted by atomic mass is 35.5. The molecule has 1 aliphatic heterocycles. The third-order valence-electron chi connectivity index (χ3n) is 4.51. The number of hydrogen-bond donors (Lipinski definition) is 1. The lowest BCUT2D eigenvalue weighted by Crippen LogP contribution is -2.38. The van der Waals surface area contributed by atoms with Gasteiger partial charge in [-0.05, 0) is 42.8 Å². The van der Waals surface area contributed by atoms with Crippen LogP contribution in [0.1, 0.15) is 64.4 Å². The molecule has 3 heteroatoms. The summed E-state index contributed by atoms with van der Waals surface area (Å²) in [5.74, 6) is 0.774. The Kier molecular flexibility index (Phi) is 7.71. The van der Waals surface area contributed by atoms with Gasteiger partial charge in [-0.15, -0.1) is 0 Å². The van der Waals surface area contributed by atoms with Crippen LogP contribution in [0, 0.1) is 0 Å². The Bertz CT molecular complexity index is 567. The molecule has 1 aliphatic rings. The Morgan fingerprint density at radius 3 is 2.54 bits per heavy atom. The molecule has 0 spiro atoms. The van der Waals surface area contributed by atoms with E-state index in [1.807, 2.05) is 18.3 Å². The van der Waals surface area contributed by atoms with Crippen molar-refractivity contribution in [2.45, 2.75) is 64.3 Å². The van der Waals surface area contributed by atoms with Gasteiger partial charge in [0.25, 0.3) is 0 Å². The van der Waals surface area contributed by atoms with Crippen molar-refractivity contribution in [1.82, 2.24) is 5.32 Å². The minimum Gasteiger partial charge on any atom is -0.492 e. The van der Waals surface area contributed by atoms with Crippen molar-refractivity contribution >= 4 is 11.6 Å². The Balaban J connectivity index is 2.11. The van der Waals surface area contributed by atoms with Gasteiger partial charge in [-0.3, -0.25) is 0 Å². The number of benzene rings is 1. The third kappa shape index (κ3) is 5.04. The Labute approximate surface area is 151 Å². The molecule has 1 heterocycles. The predicted molar refractivity (Wildman–Crippen MR) is 104 cm³/mol. The van der Waals surface area contributed by atoms with Crippen LogP contribution in [-0.2, 0) is 5.54 Å². The van der Waals surface area contributed by atoms with Gasteiger partial charge in [0.05, 0.1) is 17.2 Å². The van der Waals surface area contributed by atoms with Crippen LogP contribution in [0.5, 0.6) is 5.75 Å². The molecule has 0 aromatic heterocycles. The summed E-state index contributed by atoms with van der Waals surface area (Å²) in [7, 11) is 0. The van der Waals surface area contributed by atoms with E-state index in [0.29, 0.717) is 11.6 Å². The fraction of sp³-hybridized carbons (Fsp3) is 0.524. The number of unbranched alkanes of at least 4 members (excludes halogenated alkanes) is 4. The molecular formula is C21H30ClNO. The maximum absolute atomic E-state index is 6.45. The molecule has 0 bridgehead atoms. The summed E-state index contributed by atoms with van der Waals surface area (Å²) in [6.45, 7) is 5.04. The normalized spacial score (nSPS) is 19.3. The van der Waals surface area contributed by atoms with Crippen molar-refractivity contribution in [3.63, 3.8) is 0 Å². The van der Waals surface area contributed by atoms with E-state index in [0.717, 1.165) is 18.6 Å². The van der Waals surface area contributed by atoms with Crippen LogP contribution in [0.2, 0.25) is 5.02 Å². The second kappa shape index (κ2) is 9.78. The summed E-state index contributed by atoms with van der Waals surface area (Å²) in [5, 5.41) is 4.25. The fourth-order valence-corrected chi connectivity index (χ4v) is 3.35. The number of rotatable bonds is 10. The van der Waals surface area contributed by atoms with Crippen LogP contribution < -0.4 is 10.1 Å². The molecule has 0 radical (unpaired) electrons. The molecule has 0 fully saturated rings. The molecular weight excluding hydrogens is 318 g/mol. The topological polar surface area (TPSA) is 21.3 Å². The van der Waals surface area contributed by atoms with Crippen molar-refractivity contribution in [3.8, 4) is 5.75 Å². The molecule has 2 rings (SSSR count). The summed E-state index contributed by atoms with van der Waals surface area (Å²) < 4.78 is 5.70. The zero-order chi connectivity index (χ0) is 17.3. The maximum atomic E-state index is 6.45. The lowest BCUT2D eigenvalue weighted by molar-refractivity contribution is 0.317. The van der Waals surface area contributed by atoms with Gasteiger partial charge < -0.3 is 10.1 Å². The highest BCUT2D eigenvalue weighted by Gasteiger charge is 2.29. The van der Waals surface area contributed by atoms with E-state index in [1.54, 1.807) is 0 Å². The molecule has 1 atom stereocenters. The summed E-state index contributed by atoms with van der Waals surface area (Å²) in [4.78, 5) is 0. The average molecular weight is 348 g/mol. The van der Waals surface area contributed by atoms with Crippen molar-refractivity contribution in [1.29, 1.82) is 0 Å². The smallest absolute Gasteiger partial charge is 0.137 e. The van der Waals surface area contributed by atoms with Crippen molar-refractivity contribution < 1.29 is 4.74 Å². The minimum absolute atomic E-state index is 0.159. The fourth-order valence-electron chi connectivity index (χ4n) is 3.11. The van der Waals surface area contributed by atoms with Gasteiger partial charge >= 0.3 is 0 Å². The summed E-state index contributed by atoms with van der Waals surface area (Å²) in [6.07, 6.45) is 16.9. The molecule has 2 nitrogen and oxygen atoms in total. The summed E-state index contributed by atoms with van der Waals surface area (Å²) in [5.41, 5.74) is 1.04. The second-order valence-corrected chi connectivity index (χ2v) is 6.90. The highest BCUT2D eigenvalue weighted by Crippen LogP contribution is 2.35. The van der Waals surface area contributed by atoms with E-state index >= 15 is 0 Å². The van der Waals surface area contributed by atoms with Crippen LogP contribution in [0.4, 0.5) is 0 Å². The molecule has 0 saturated heterocycles. The number of ether oxygens (including phenoxy) is 1. The standard InChI is InChI=1S/C21H30ClNO/c1-3-5-6-7-8-13-21(14-9-10-15-23-21)18-11-12-20(19(22)17-18)24-16-4-2/h9-12,14-15,17,23H,3-8,13,16H2,1-2H3. The van der Waals surface area contributed by atoms with Crippen LogP contribution in [0.25, 0.3) is 0 Å². The molecule has 1 aromatic rings. The first-order valence-corrected chi connectivity index (χ1v) is 9.64. The van der Waals surface area contributed by atoms with Gasteiger partial charge in [-0.1, -0.05) is 75.8 Å². The van der Waals surface area contributed by atoms with Gasteiger partial charge in [-0.2, -0.15) is 0 Å². The van der Waals surface area contributed by atoms with E-state index in [2.05, 4.69) is 43.4 Å². The number of allylic oxidation sites excluding steroid dienone is 2. The molecule has 0 saturated carbocycles. The maximum Gasteiger partial charge on any atom is 0.137 e. The Hall–Kier alpha value is -1.41. The summed E-state index contributed by atoms with van der Waals surface area (Å²) in [6, 6.07) is 6.19. The van der Waals surface area contributed by atoms with Crippen molar-refractivity contribution in [2.24, 2.45) is 0 Å². The SMILES string of the molecule is CCCCCCCC1(c2ccc(OCCC)c(Cl)c2)C=CC=CN1. The van der Waals surface area contributed by atoms with Gasteiger partial charge in [-0.25, -0.2) is 0 Å². The number of hydrogen-bond acceptors (Lipinski definition) is 2. The first-order valence-electron chi connectivity index (χ1n) is 9.26. The van der Waals surface area contributed by atoms with E-state index in [4.69, 9.17) is 16.3 Å². The third-order valence-corrected chi connectivity index (χ3v) is 4.81. The molecule has 1 aromatic carbocycles.